The third-order valence-corrected chi connectivity index (χ3v) is 6.13. The quantitative estimate of drug-likeness (QED) is 0.889. The summed E-state index contributed by atoms with van der Waals surface area (Å²) in [5, 5.41) is 9.59. The van der Waals surface area contributed by atoms with Crippen LogP contribution in [0.5, 0.6) is 0 Å². The van der Waals surface area contributed by atoms with Gasteiger partial charge in [-0.15, -0.1) is 0 Å². The highest BCUT2D eigenvalue weighted by Gasteiger charge is 2.38. The van der Waals surface area contributed by atoms with Gasteiger partial charge in [-0.3, -0.25) is 0 Å². The van der Waals surface area contributed by atoms with Crippen LogP contribution in [0.25, 0.3) is 0 Å². The minimum atomic E-state index is -3.98. The van der Waals surface area contributed by atoms with E-state index >= 15 is 0 Å². The van der Waals surface area contributed by atoms with Crippen molar-refractivity contribution in [3.63, 3.8) is 0 Å². The van der Waals surface area contributed by atoms with E-state index in [1.165, 1.54) is 6.07 Å². The van der Waals surface area contributed by atoms with Gasteiger partial charge in [0, 0.05) is 0 Å². The lowest BCUT2D eigenvalue weighted by Crippen LogP contribution is -2.53. The second-order valence-electron chi connectivity index (χ2n) is 5.80. The van der Waals surface area contributed by atoms with Crippen molar-refractivity contribution in [3.05, 3.63) is 29.0 Å². The van der Waals surface area contributed by atoms with Crippen molar-refractivity contribution in [1.82, 2.24) is 4.72 Å². The molecule has 1 aliphatic carbocycles. The summed E-state index contributed by atoms with van der Waals surface area (Å²) < 4.78 is 40.7. The number of hydrogen-bond donors (Lipinski definition) is 2. The molecule has 1 fully saturated rings. The molecule has 0 saturated heterocycles. The lowest BCUT2D eigenvalue weighted by atomic mass is 9.78. The summed E-state index contributed by atoms with van der Waals surface area (Å²) in [6.07, 6.45) is 2.77. The molecule has 0 unspecified atom stereocenters. The Bertz CT molecular complexity index is 613. The third-order valence-electron chi connectivity index (χ3n) is 4.07. The molecule has 0 aromatic heterocycles. The van der Waals surface area contributed by atoms with Gasteiger partial charge in [0.15, 0.2) is 0 Å². The van der Waals surface area contributed by atoms with E-state index in [9.17, 15) is 17.9 Å². The van der Waals surface area contributed by atoms with Gasteiger partial charge in [0.05, 0.1) is 17.2 Å². The fraction of sp³-hybridized carbons (Fsp3) is 0.571. The van der Waals surface area contributed by atoms with Crippen molar-refractivity contribution in [2.75, 3.05) is 6.61 Å². The van der Waals surface area contributed by atoms with Gasteiger partial charge in [0.1, 0.15) is 10.7 Å². The number of sulfonamides is 1. The van der Waals surface area contributed by atoms with E-state index in [1.54, 1.807) is 0 Å². The lowest BCUT2D eigenvalue weighted by molar-refractivity contribution is 0.125. The first-order valence-corrected chi connectivity index (χ1v) is 8.74. The Balaban J connectivity index is 2.29. The highest BCUT2D eigenvalue weighted by atomic mass is 35.5. The Morgan fingerprint density at radius 3 is 2.62 bits per heavy atom. The fourth-order valence-electron chi connectivity index (χ4n) is 2.63. The van der Waals surface area contributed by atoms with Crippen molar-refractivity contribution in [2.45, 2.75) is 43.0 Å². The predicted octanol–water partition coefficient (Wildman–Crippen LogP) is 2.70. The average molecular weight is 336 g/mol. The summed E-state index contributed by atoms with van der Waals surface area (Å²) in [7, 11) is -3.98. The normalized spacial score (nSPS) is 26.8. The second kappa shape index (κ2) is 6.20. The molecule has 2 N–H and O–H groups in total. The van der Waals surface area contributed by atoms with Crippen LogP contribution in [-0.4, -0.2) is 25.7 Å². The molecular weight excluding hydrogens is 317 g/mol. The van der Waals surface area contributed by atoms with Gasteiger partial charge in [-0.05, 0) is 49.8 Å². The SMILES string of the molecule is CC1CCC(CO)(NS(=O)(=O)c2cc(F)ccc2Cl)CC1. The molecule has 0 atom stereocenters. The monoisotopic (exact) mass is 335 g/mol. The number of aliphatic hydroxyl groups is 1. The smallest absolute Gasteiger partial charge is 0.242 e. The van der Waals surface area contributed by atoms with Gasteiger partial charge in [-0.25, -0.2) is 17.5 Å². The van der Waals surface area contributed by atoms with E-state index in [0.717, 1.165) is 25.0 Å². The molecule has 2 rings (SSSR count). The number of benzene rings is 1. The zero-order valence-electron chi connectivity index (χ0n) is 11.8. The van der Waals surface area contributed by atoms with Crippen LogP contribution in [0, 0.1) is 11.7 Å². The molecule has 0 heterocycles. The van der Waals surface area contributed by atoms with Crippen LogP contribution in [0.4, 0.5) is 4.39 Å². The van der Waals surface area contributed by atoms with Crippen LogP contribution in [0.15, 0.2) is 23.1 Å². The summed E-state index contributed by atoms with van der Waals surface area (Å²) in [4.78, 5) is -0.296. The molecular formula is C14H19ClFNO3S. The lowest BCUT2D eigenvalue weighted by Gasteiger charge is -2.38. The van der Waals surface area contributed by atoms with Crippen LogP contribution < -0.4 is 4.72 Å². The molecule has 1 aromatic carbocycles. The zero-order chi connectivity index (χ0) is 15.7. The molecule has 0 amide bonds. The van der Waals surface area contributed by atoms with Gasteiger partial charge >= 0.3 is 0 Å². The Kier molecular flexibility index (Phi) is 4.92. The van der Waals surface area contributed by atoms with Crippen LogP contribution in [0.1, 0.15) is 32.6 Å². The van der Waals surface area contributed by atoms with E-state index in [2.05, 4.69) is 11.6 Å². The van der Waals surface area contributed by atoms with Crippen molar-refractivity contribution in [2.24, 2.45) is 5.92 Å². The van der Waals surface area contributed by atoms with E-state index in [1.807, 2.05) is 0 Å². The third kappa shape index (κ3) is 3.74. The largest absolute Gasteiger partial charge is 0.394 e. The summed E-state index contributed by atoms with van der Waals surface area (Å²) in [5.74, 6) is -0.165. The minimum Gasteiger partial charge on any atom is -0.394 e. The fourth-order valence-corrected chi connectivity index (χ4v) is 4.59. The Morgan fingerprint density at radius 2 is 2.05 bits per heavy atom. The average Bonchev–Trinajstić information content (AvgIpc) is 2.44. The van der Waals surface area contributed by atoms with Crippen molar-refractivity contribution in [3.8, 4) is 0 Å². The minimum absolute atomic E-state index is 0.0406. The first-order valence-electron chi connectivity index (χ1n) is 6.88. The molecule has 0 radical (unpaired) electrons. The van der Waals surface area contributed by atoms with Crippen LogP contribution in [-0.2, 0) is 10.0 Å². The molecule has 1 saturated carbocycles. The molecule has 118 valence electrons. The highest BCUT2D eigenvalue weighted by Crippen LogP contribution is 2.33. The van der Waals surface area contributed by atoms with Crippen molar-refractivity contribution < 1.29 is 17.9 Å². The van der Waals surface area contributed by atoms with E-state index in [-0.39, 0.29) is 16.5 Å². The molecule has 4 nitrogen and oxygen atoms in total. The molecule has 1 aliphatic rings. The first-order chi connectivity index (χ1) is 9.78. The Labute approximate surface area is 129 Å². The maximum atomic E-state index is 13.3. The summed E-state index contributed by atoms with van der Waals surface area (Å²) in [5.41, 5.74) is -0.888. The molecule has 21 heavy (non-hydrogen) atoms. The summed E-state index contributed by atoms with van der Waals surface area (Å²) in [6.45, 7) is 1.81. The van der Waals surface area contributed by atoms with E-state index in [4.69, 9.17) is 11.6 Å². The number of rotatable bonds is 4. The number of nitrogens with one attached hydrogen (secondary N) is 1. The Hall–Kier alpha value is -0.690. The number of hydrogen-bond acceptors (Lipinski definition) is 3. The second-order valence-corrected chi connectivity index (χ2v) is 7.86. The number of aliphatic hydroxyl groups excluding tert-OH is 1. The van der Waals surface area contributed by atoms with Gasteiger partial charge in [-0.1, -0.05) is 18.5 Å². The van der Waals surface area contributed by atoms with Crippen LogP contribution in [0.3, 0.4) is 0 Å². The Morgan fingerprint density at radius 1 is 1.43 bits per heavy atom. The van der Waals surface area contributed by atoms with Gasteiger partial charge in [-0.2, -0.15) is 0 Å². The maximum Gasteiger partial charge on any atom is 0.242 e. The van der Waals surface area contributed by atoms with Crippen molar-refractivity contribution in [1.29, 1.82) is 0 Å². The predicted molar refractivity (Wildman–Crippen MR) is 79.2 cm³/mol. The summed E-state index contributed by atoms with van der Waals surface area (Å²) in [6, 6.07) is 3.20. The van der Waals surface area contributed by atoms with Crippen molar-refractivity contribution >= 4 is 21.6 Å². The topological polar surface area (TPSA) is 66.4 Å². The maximum absolute atomic E-state index is 13.3. The number of halogens is 2. The molecule has 7 heteroatoms. The molecule has 0 bridgehead atoms. The summed E-state index contributed by atoms with van der Waals surface area (Å²) >= 11 is 5.86. The molecule has 1 aromatic rings. The van der Waals surface area contributed by atoms with Gasteiger partial charge < -0.3 is 5.11 Å². The molecule has 0 spiro atoms. The van der Waals surface area contributed by atoms with E-state index in [0.29, 0.717) is 18.8 Å². The van der Waals surface area contributed by atoms with Gasteiger partial charge in [0.2, 0.25) is 10.0 Å². The van der Waals surface area contributed by atoms with Crippen LogP contribution >= 0.6 is 11.6 Å². The van der Waals surface area contributed by atoms with Crippen LogP contribution in [0.2, 0.25) is 5.02 Å². The molecule has 0 aliphatic heterocycles. The van der Waals surface area contributed by atoms with E-state index < -0.39 is 21.4 Å². The standard InChI is InChI=1S/C14H19ClFNO3S/c1-10-4-6-14(9-18,7-5-10)17-21(19,20)13-8-11(16)2-3-12(13)15/h2-3,8,10,17-18H,4-7,9H2,1H3. The highest BCUT2D eigenvalue weighted by molar-refractivity contribution is 7.89. The first kappa shape index (κ1) is 16.7. The van der Waals surface area contributed by atoms with Gasteiger partial charge in [0.25, 0.3) is 0 Å². The zero-order valence-corrected chi connectivity index (χ0v) is 13.3.